The molecule has 0 saturated carbocycles. The molecule has 7 heteroatoms. The molecule has 6 nitrogen and oxygen atoms in total. The van der Waals surface area contributed by atoms with Crippen molar-refractivity contribution in [3.8, 4) is 5.69 Å². The van der Waals surface area contributed by atoms with Crippen molar-refractivity contribution in [3.63, 3.8) is 0 Å². The number of hydrogen-bond acceptors (Lipinski definition) is 4. The van der Waals surface area contributed by atoms with E-state index < -0.39 is 6.04 Å². The fourth-order valence-corrected chi connectivity index (χ4v) is 4.56. The predicted molar refractivity (Wildman–Crippen MR) is 147 cm³/mol. The maximum atomic E-state index is 13.8. The highest BCUT2D eigenvalue weighted by Gasteiger charge is 2.27. The van der Waals surface area contributed by atoms with Gasteiger partial charge in [-0.2, -0.15) is 0 Å². The Morgan fingerprint density at radius 2 is 1.78 bits per heavy atom. The molecule has 0 aliphatic heterocycles. The number of para-hydroxylation sites is 1. The normalized spacial score (nSPS) is 12.0. The highest BCUT2D eigenvalue weighted by atomic mass is 79.9. The molecule has 1 aromatic heterocycles. The van der Waals surface area contributed by atoms with E-state index >= 15 is 0 Å². The number of fused-ring (bicyclic) bond motifs is 1. The molecule has 1 heterocycles. The molecule has 0 radical (unpaired) electrons. The van der Waals surface area contributed by atoms with Gasteiger partial charge < -0.3 is 9.64 Å². The Hall–Kier alpha value is -3.29. The van der Waals surface area contributed by atoms with E-state index in [2.05, 4.69) is 15.9 Å². The lowest BCUT2D eigenvalue weighted by atomic mass is 10.1. The molecule has 186 valence electrons. The summed E-state index contributed by atoms with van der Waals surface area (Å²) in [4.78, 5) is 34.2. The van der Waals surface area contributed by atoms with Crippen molar-refractivity contribution in [3.05, 3.63) is 104 Å². The molecule has 0 bridgehead atoms. The lowest BCUT2D eigenvalue weighted by Gasteiger charge is -2.31. The standard InChI is InChI=1S/C29H30BrN3O3/c1-19-10-15-24(18-20(19)2)33-27(31-26-9-6-5-8-25(26)29(33)35)21(3)32(16-7-17-36-4)28(34)22-11-13-23(30)14-12-22/h5-6,8-15,18,21H,7,16-17H2,1-4H3. The number of benzene rings is 3. The summed E-state index contributed by atoms with van der Waals surface area (Å²) in [5.74, 6) is 0.393. The van der Waals surface area contributed by atoms with Gasteiger partial charge in [-0.15, -0.1) is 0 Å². The maximum Gasteiger partial charge on any atom is 0.266 e. The molecule has 3 aromatic carbocycles. The second kappa shape index (κ2) is 11.2. The molecular weight excluding hydrogens is 518 g/mol. The van der Waals surface area contributed by atoms with Gasteiger partial charge in [0, 0.05) is 30.3 Å². The van der Waals surface area contributed by atoms with Gasteiger partial charge in [-0.05, 0) is 86.8 Å². The fourth-order valence-electron chi connectivity index (χ4n) is 4.29. The zero-order chi connectivity index (χ0) is 25.8. The monoisotopic (exact) mass is 547 g/mol. The summed E-state index contributed by atoms with van der Waals surface area (Å²) in [5.41, 5.74) is 3.98. The lowest BCUT2D eigenvalue weighted by molar-refractivity contribution is 0.0657. The molecule has 0 spiro atoms. The van der Waals surface area contributed by atoms with Crippen molar-refractivity contribution in [1.29, 1.82) is 0 Å². The fraction of sp³-hybridized carbons (Fsp3) is 0.276. The third kappa shape index (κ3) is 5.27. The first-order valence-corrected chi connectivity index (χ1v) is 12.8. The Morgan fingerprint density at radius 3 is 2.47 bits per heavy atom. The molecule has 1 amide bonds. The van der Waals surface area contributed by atoms with Crippen LogP contribution in [-0.2, 0) is 4.74 Å². The molecule has 4 aromatic rings. The molecule has 0 aliphatic rings. The second-order valence-electron chi connectivity index (χ2n) is 8.92. The van der Waals surface area contributed by atoms with Crippen molar-refractivity contribution in [2.75, 3.05) is 20.3 Å². The van der Waals surface area contributed by atoms with Gasteiger partial charge in [-0.3, -0.25) is 14.2 Å². The highest BCUT2D eigenvalue weighted by molar-refractivity contribution is 9.10. The number of rotatable bonds is 8. The van der Waals surface area contributed by atoms with E-state index in [-0.39, 0.29) is 11.5 Å². The Balaban J connectivity index is 1.89. The van der Waals surface area contributed by atoms with Crippen molar-refractivity contribution in [2.45, 2.75) is 33.2 Å². The summed E-state index contributed by atoms with van der Waals surface area (Å²) >= 11 is 3.44. The zero-order valence-electron chi connectivity index (χ0n) is 21.0. The van der Waals surface area contributed by atoms with E-state index in [1.54, 1.807) is 34.8 Å². The van der Waals surface area contributed by atoms with Crippen molar-refractivity contribution < 1.29 is 9.53 Å². The maximum absolute atomic E-state index is 13.8. The number of carbonyl (C=O) groups is 1. The quantitative estimate of drug-likeness (QED) is 0.253. The lowest BCUT2D eigenvalue weighted by Crippen LogP contribution is -2.38. The number of hydrogen-bond donors (Lipinski definition) is 0. The first-order valence-electron chi connectivity index (χ1n) is 12.0. The molecule has 1 unspecified atom stereocenters. The minimum Gasteiger partial charge on any atom is -0.385 e. The molecule has 1 atom stereocenters. The number of nitrogens with zero attached hydrogens (tertiary/aromatic N) is 3. The number of ether oxygens (including phenoxy) is 1. The Morgan fingerprint density at radius 1 is 1.06 bits per heavy atom. The van der Waals surface area contributed by atoms with Crippen LogP contribution < -0.4 is 5.56 Å². The Bertz CT molecular complexity index is 1450. The SMILES string of the molecule is COCCCN(C(=O)c1ccc(Br)cc1)C(C)c1nc2ccccc2c(=O)n1-c1ccc(C)c(C)c1. The van der Waals surface area contributed by atoms with Crippen LogP contribution in [0.1, 0.15) is 46.7 Å². The summed E-state index contributed by atoms with van der Waals surface area (Å²) in [6.07, 6.45) is 0.657. The molecule has 0 saturated heterocycles. The second-order valence-corrected chi connectivity index (χ2v) is 9.84. The summed E-state index contributed by atoms with van der Waals surface area (Å²) in [5, 5.41) is 0.539. The Kier molecular flexibility index (Phi) is 8.01. The van der Waals surface area contributed by atoms with E-state index in [0.717, 1.165) is 21.3 Å². The van der Waals surface area contributed by atoms with Gasteiger partial charge in [0.1, 0.15) is 5.82 Å². The number of methoxy groups -OCH3 is 1. The van der Waals surface area contributed by atoms with Crippen molar-refractivity contribution in [2.24, 2.45) is 0 Å². The number of halogens is 1. The third-order valence-electron chi connectivity index (χ3n) is 6.49. The van der Waals surface area contributed by atoms with Gasteiger partial charge in [0.05, 0.1) is 22.6 Å². The molecule has 0 aliphatic carbocycles. The van der Waals surface area contributed by atoms with Crippen LogP contribution in [0.2, 0.25) is 0 Å². The minimum atomic E-state index is -0.475. The summed E-state index contributed by atoms with van der Waals surface area (Å²) < 4.78 is 7.81. The van der Waals surface area contributed by atoms with Crippen LogP contribution >= 0.6 is 15.9 Å². The van der Waals surface area contributed by atoms with E-state index in [1.165, 1.54) is 0 Å². The van der Waals surface area contributed by atoms with E-state index in [1.807, 2.05) is 69.3 Å². The van der Waals surface area contributed by atoms with Crippen LogP contribution in [0.3, 0.4) is 0 Å². The van der Waals surface area contributed by atoms with Crippen LogP contribution in [0.4, 0.5) is 0 Å². The van der Waals surface area contributed by atoms with Crippen LogP contribution in [0.5, 0.6) is 0 Å². The number of amides is 1. The minimum absolute atomic E-state index is 0.125. The largest absolute Gasteiger partial charge is 0.385 e. The van der Waals surface area contributed by atoms with Gasteiger partial charge in [-0.1, -0.05) is 34.1 Å². The van der Waals surface area contributed by atoms with Crippen LogP contribution in [-0.4, -0.2) is 40.6 Å². The number of aromatic nitrogens is 2. The van der Waals surface area contributed by atoms with Crippen LogP contribution in [0.15, 0.2) is 76.0 Å². The van der Waals surface area contributed by atoms with Gasteiger partial charge in [0.15, 0.2) is 0 Å². The average Bonchev–Trinajstić information content (AvgIpc) is 2.88. The van der Waals surface area contributed by atoms with E-state index in [4.69, 9.17) is 9.72 Å². The van der Waals surface area contributed by atoms with Crippen LogP contribution in [0, 0.1) is 13.8 Å². The third-order valence-corrected chi connectivity index (χ3v) is 7.02. The molecule has 0 fully saturated rings. The van der Waals surface area contributed by atoms with Gasteiger partial charge >= 0.3 is 0 Å². The van der Waals surface area contributed by atoms with Crippen LogP contribution in [0.25, 0.3) is 16.6 Å². The number of aryl methyl sites for hydroxylation is 2. The Labute approximate surface area is 219 Å². The van der Waals surface area contributed by atoms with E-state index in [9.17, 15) is 9.59 Å². The first kappa shape index (κ1) is 25.8. The molecule has 0 N–H and O–H groups in total. The van der Waals surface area contributed by atoms with Crippen molar-refractivity contribution in [1.82, 2.24) is 14.5 Å². The topological polar surface area (TPSA) is 64.4 Å². The zero-order valence-corrected chi connectivity index (χ0v) is 22.6. The molecular formula is C29H30BrN3O3. The summed E-state index contributed by atoms with van der Waals surface area (Å²) in [6, 6.07) is 20.1. The predicted octanol–water partition coefficient (Wildman–Crippen LogP) is 6.00. The molecule has 36 heavy (non-hydrogen) atoms. The summed E-state index contributed by atoms with van der Waals surface area (Å²) in [7, 11) is 1.65. The highest BCUT2D eigenvalue weighted by Crippen LogP contribution is 2.26. The number of carbonyl (C=O) groups excluding carboxylic acids is 1. The smallest absolute Gasteiger partial charge is 0.266 e. The van der Waals surface area contributed by atoms with Crippen molar-refractivity contribution >= 4 is 32.7 Å². The van der Waals surface area contributed by atoms with Gasteiger partial charge in [0.25, 0.3) is 11.5 Å². The first-order chi connectivity index (χ1) is 17.3. The van der Waals surface area contributed by atoms with E-state index in [0.29, 0.717) is 41.9 Å². The van der Waals surface area contributed by atoms with Gasteiger partial charge in [-0.25, -0.2) is 4.98 Å². The average molecular weight is 548 g/mol. The van der Waals surface area contributed by atoms with Gasteiger partial charge in [0.2, 0.25) is 0 Å². The summed E-state index contributed by atoms with van der Waals surface area (Å²) in [6.45, 7) is 6.97. The molecule has 4 rings (SSSR count).